The number of esters is 1. The van der Waals surface area contributed by atoms with E-state index < -0.39 is 31.7 Å². The summed E-state index contributed by atoms with van der Waals surface area (Å²) in [5.41, 5.74) is 0. The van der Waals surface area contributed by atoms with Crippen molar-refractivity contribution in [2.24, 2.45) is 0 Å². The zero-order valence-electron chi connectivity index (χ0n) is 20.8. The van der Waals surface area contributed by atoms with E-state index in [0.717, 1.165) is 42.3 Å². The van der Waals surface area contributed by atoms with Gasteiger partial charge in [0.15, 0.2) is 9.84 Å². The van der Waals surface area contributed by atoms with Gasteiger partial charge in [0.2, 0.25) is 10.9 Å². The van der Waals surface area contributed by atoms with Crippen molar-refractivity contribution in [3.05, 3.63) is 42.2 Å². The Morgan fingerprint density at radius 1 is 1.14 bits per heavy atom. The Balaban J connectivity index is 1.49. The molecule has 2 N–H and O–H groups in total. The molecule has 2 aromatic heterocycles. The third kappa shape index (κ3) is 8.44. The number of carbonyl (C=O) groups excluding carboxylic acids is 1. The second-order valence-electron chi connectivity index (χ2n) is 8.54. The number of anilines is 1. The Morgan fingerprint density at radius 2 is 1.92 bits per heavy atom. The van der Waals surface area contributed by atoms with Crippen LogP contribution in [0.5, 0.6) is 0 Å². The number of hydrogen-bond donors (Lipinski definition) is 2. The molecule has 0 saturated carbocycles. The predicted molar refractivity (Wildman–Crippen MR) is 138 cm³/mol. The van der Waals surface area contributed by atoms with E-state index in [0.29, 0.717) is 51.4 Å². The van der Waals surface area contributed by atoms with Crippen LogP contribution in [-0.4, -0.2) is 53.2 Å². The molecule has 1 atom stereocenters. The number of nitrogens with one attached hydrogen (secondary N) is 2. The maximum atomic E-state index is 14.3. The van der Waals surface area contributed by atoms with Gasteiger partial charge in [-0.05, 0) is 51.3 Å². The van der Waals surface area contributed by atoms with Crippen LogP contribution in [0.15, 0.2) is 35.5 Å². The smallest absolute Gasteiger partial charge is 0.305 e. The maximum absolute atomic E-state index is 14.3. The Kier molecular flexibility index (Phi) is 11.2. The topological polar surface area (TPSA) is 115 Å². The van der Waals surface area contributed by atoms with E-state index >= 15 is 0 Å². The fraction of sp³-hybridized carbons (Fsp3) is 0.542. The number of ether oxygens (including phenoxy) is 1. The van der Waals surface area contributed by atoms with E-state index in [1.165, 1.54) is 11.5 Å². The molecule has 1 unspecified atom stereocenters. The van der Waals surface area contributed by atoms with E-state index in [9.17, 15) is 22.0 Å². The van der Waals surface area contributed by atoms with E-state index in [1.807, 2.05) is 10.6 Å². The first-order chi connectivity index (χ1) is 17.8. The van der Waals surface area contributed by atoms with Crippen LogP contribution in [0.1, 0.15) is 58.3 Å². The number of imidazole rings is 1. The van der Waals surface area contributed by atoms with Crippen LogP contribution in [0, 0.1) is 11.6 Å². The molecule has 0 radical (unpaired) electrons. The molecule has 3 rings (SSSR count). The first-order valence-electron chi connectivity index (χ1n) is 12.4. The molecule has 204 valence electrons. The molecule has 0 aliphatic heterocycles. The summed E-state index contributed by atoms with van der Waals surface area (Å²) in [4.78, 5) is 15.9. The van der Waals surface area contributed by atoms with Gasteiger partial charge in [-0.3, -0.25) is 9.20 Å². The predicted octanol–water partition coefficient (Wildman–Crippen LogP) is 4.55. The molecule has 0 fully saturated rings. The largest absolute Gasteiger partial charge is 0.466 e. The number of unbranched alkanes of at least 4 members (excludes halogenated alkanes) is 4. The van der Waals surface area contributed by atoms with Crippen LogP contribution in [0.2, 0.25) is 0 Å². The zero-order chi connectivity index (χ0) is 26.7. The molecule has 0 spiro atoms. The van der Waals surface area contributed by atoms with Crippen molar-refractivity contribution in [1.29, 1.82) is 0 Å². The minimum atomic E-state index is -4.07. The average molecular weight is 558 g/mol. The first kappa shape index (κ1) is 28.9. The third-order valence-corrected chi connectivity index (χ3v) is 8.61. The molecule has 37 heavy (non-hydrogen) atoms. The van der Waals surface area contributed by atoms with Crippen LogP contribution >= 0.6 is 11.5 Å². The minimum absolute atomic E-state index is 0.249. The summed E-state index contributed by atoms with van der Waals surface area (Å²) in [6, 6.07) is 2.51. The van der Waals surface area contributed by atoms with E-state index in [4.69, 9.17) is 4.74 Å². The molecule has 0 bridgehead atoms. The van der Waals surface area contributed by atoms with Gasteiger partial charge in [-0.1, -0.05) is 19.3 Å². The van der Waals surface area contributed by atoms with Crippen molar-refractivity contribution in [3.63, 3.8) is 0 Å². The summed E-state index contributed by atoms with van der Waals surface area (Å²) >= 11 is 1.30. The molecular formula is C24H33F2N5O4S2. The SMILES string of the molecule is CCOC(=O)CCCCCNC(CCCCCNc1nsc2nccn12)S(=O)(=O)c1ccc(F)cc1F. The van der Waals surface area contributed by atoms with Crippen LogP contribution < -0.4 is 10.6 Å². The lowest BCUT2D eigenvalue weighted by molar-refractivity contribution is -0.143. The number of aromatic nitrogens is 3. The number of halogens is 2. The summed E-state index contributed by atoms with van der Waals surface area (Å²) in [5, 5.41) is 5.29. The molecule has 0 aliphatic rings. The van der Waals surface area contributed by atoms with Crippen molar-refractivity contribution in [2.45, 2.75) is 68.6 Å². The van der Waals surface area contributed by atoms with Crippen molar-refractivity contribution in [1.82, 2.24) is 19.1 Å². The molecule has 0 saturated heterocycles. The van der Waals surface area contributed by atoms with E-state index in [2.05, 4.69) is 20.0 Å². The molecule has 0 amide bonds. The van der Waals surface area contributed by atoms with Crippen molar-refractivity contribution in [3.8, 4) is 0 Å². The second-order valence-corrected chi connectivity index (χ2v) is 11.4. The average Bonchev–Trinajstić information content (AvgIpc) is 3.46. The van der Waals surface area contributed by atoms with Crippen LogP contribution in [0.4, 0.5) is 14.7 Å². The Labute approximate surface area is 219 Å². The summed E-state index contributed by atoms with van der Waals surface area (Å²) in [5.74, 6) is -1.46. The van der Waals surface area contributed by atoms with Gasteiger partial charge in [0.1, 0.15) is 21.9 Å². The van der Waals surface area contributed by atoms with Gasteiger partial charge in [-0.25, -0.2) is 22.2 Å². The maximum Gasteiger partial charge on any atom is 0.305 e. The number of benzene rings is 1. The van der Waals surface area contributed by atoms with Gasteiger partial charge in [0.05, 0.1) is 6.61 Å². The lowest BCUT2D eigenvalue weighted by atomic mass is 10.1. The van der Waals surface area contributed by atoms with Crippen molar-refractivity contribution < 1.29 is 26.7 Å². The second kappa shape index (κ2) is 14.3. The van der Waals surface area contributed by atoms with Crippen LogP contribution in [0.25, 0.3) is 4.96 Å². The first-order valence-corrected chi connectivity index (χ1v) is 14.8. The minimum Gasteiger partial charge on any atom is -0.466 e. The van der Waals surface area contributed by atoms with Gasteiger partial charge in [0, 0.05) is 43.0 Å². The highest BCUT2D eigenvalue weighted by Gasteiger charge is 2.29. The number of carbonyl (C=O) groups is 1. The van der Waals surface area contributed by atoms with E-state index in [-0.39, 0.29) is 12.4 Å². The Bertz CT molecular complexity index is 1250. The van der Waals surface area contributed by atoms with Gasteiger partial charge >= 0.3 is 5.97 Å². The number of rotatable bonds is 17. The quantitative estimate of drug-likeness (QED) is 0.141. The fourth-order valence-electron chi connectivity index (χ4n) is 3.89. The van der Waals surface area contributed by atoms with Crippen molar-refractivity contribution >= 4 is 38.2 Å². The lowest BCUT2D eigenvalue weighted by Crippen LogP contribution is -2.37. The summed E-state index contributed by atoms with van der Waals surface area (Å²) in [6.07, 6.45) is 8.28. The van der Waals surface area contributed by atoms with Crippen molar-refractivity contribution in [2.75, 3.05) is 25.0 Å². The molecule has 13 heteroatoms. The zero-order valence-corrected chi connectivity index (χ0v) is 22.4. The summed E-state index contributed by atoms with van der Waals surface area (Å²) in [7, 11) is -4.07. The standard InChI is InChI=1S/C24H33F2N5O4S2/c1-2-35-22(32)10-6-4-7-13-27-21(37(33,34)20-12-11-18(25)17-19(20)26)9-5-3-8-14-28-23-30-36-24-29-15-16-31(23)24/h11-12,15-17,21,27H,2-10,13-14H2,1H3,(H,28,30). The number of nitrogens with zero attached hydrogens (tertiary/aromatic N) is 3. The molecule has 1 aromatic carbocycles. The third-order valence-electron chi connectivity index (χ3n) is 5.78. The van der Waals surface area contributed by atoms with Crippen LogP contribution in [0.3, 0.4) is 0 Å². The van der Waals surface area contributed by atoms with Crippen LogP contribution in [-0.2, 0) is 19.4 Å². The summed E-state index contributed by atoms with van der Waals surface area (Å²) in [6.45, 7) is 3.15. The molecule has 2 heterocycles. The summed E-state index contributed by atoms with van der Waals surface area (Å²) < 4.78 is 65.2. The molecular weight excluding hydrogens is 524 g/mol. The lowest BCUT2D eigenvalue weighted by Gasteiger charge is -2.20. The van der Waals surface area contributed by atoms with Gasteiger partial charge in [-0.15, -0.1) is 0 Å². The highest BCUT2D eigenvalue weighted by atomic mass is 32.2. The Morgan fingerprint density at radius 3 is 2.70 bits per heavy atom. The Hall–Kier alpha value is -2.64. The molecule has 9 nitrogen and oxygen atoms in total. The van der Waals surface area contributed by atoms with Gasteiger partial charge in [0.25, 0.3) is 0 Å². The highest BCUT2D eigenvalue weighted by Crippen LogP contribution is 2.23. The monoisotopic (exact) mass is 557 g/mol. The van der Waals surface area contributed by atoms with Gasteiger partial charge in [-0.2, -0.15) is 4.37 Å². The molecule has 3 aromatic rings. The fourth-order valence-corrected chi connectivity index (χ4v) is 6.26. The van der Waals surface area contributed by atoms with Gasteiger partial charge < -0.3 is 15.4 Å². The number of fused-ring (bicyclic) bond motifs is 1. The number of sulfone groups is 1. The highest BCUT2D eigenvalue weighted by molar-refractivity contribution is 7.92. The molecule has 0 aliphatic carbocycles. The van der Waals surface area contributed by atoms with E-state index in [1.54, 1.807) is 13.1 Å². The normalized spacial score (nSPS) is 12.6. The number of hydrogen-bond acceptors (Lipinski definition) is 9.